The van der Waals surface area contributed by atoms with E-state index in [1.54, 1.807) is 18.4 Å². The van der Waals surface area contributed by atoms with Crippen LogP contribution in [0, 0.1) is 5.41 Å². The van der Waals surface area contributed by atoms with Crippen LogP contribution in [-0.2, 0) is 16.0 Å². The van der Waals surface area contributed by atoms with Gasteiger partial charge in [-0.1, -0.05) is 32.0 Å². The molecule has 29 heavy (non-hydrogen) atoms. The number of esters is 1. The van der Waals surface area contributed by atoms with Crippen molar-refractivity contribution < 1.29 is 14.3 Å². The number of ether oxygens (including phenoxy) is 1. The van der Waals surface area contributed by atoms with Crippen LogP contribution in [0.3, 0.4) is 0 Å². The Morgan fingerprint density at radius 2 is 1.62 bits per heavy atom. The Hall–Kier alpha value is -2.14. The van der Waals surface area contributed by atoms with E-state index in [1.807, 2.05) is 79.2 Å². The molecule has 0 atom stereocenters. The molecule has 0 unspecified atom stereocenters. The minimum Gasteiger partial charge on any atom is -0.460 e. The van der Waals surface area contributed by atoms with Gasteiger partial charge >= 0.3 is 5.97 Å². The van der Waals surface area contributed by atoms with Crippen LogP contribution in [0.25, 0.3) is 10.9 Å². The van der Waals surface area contributed by atoms with E-state index < -0.39 is 11.0 Å². The molecule has 2 rings (SSSR count). The lowest BCUT2D eigenvalue weighted by molar-refractivity contribution is -0.165. The first-order valence-corrected chi connectivity index (χ1v) is 10.4. The highest BCUT2D eigenvalue weighted by Gasteiger charge is 2.35. The van der Waals surface area contributed by atoms with E-state index in [-0.39, 0.29) is 18.3 Å². The quantitative estimate of drug-likeness (QED) is 0.626. The lowest BCUT2D eigenvalue weighted by Gasteiger charge is -2.28. The molecule has 1 aromatic heterocycles. The van der Waals surface area contributed by atoms with Gasteiger partial charge < -0.3 is 9.64 Å². The molecular weight excluding hydrogens is 364 g/mol. The largest absolute Gasteiger partial charge is 0.460 e. The SMILES string of the molecule is CC.CN(C)CCc1cn(C(=O)CC(C)(C)C(=O)OC(C)(C)C)c2ccccc12. The van der Waals surface area contributed by atoms with Gasteiger partial charge in [-0.3, -0.25) is 14.2 Å². The molecule has 0 aliphatic carbocycles. The summed E-state index contributed by atoms with van der Waals surface area (Å²) in [6.07, 6.45) is 2.87. The molecule has 0 saturated carbocycles. The van der Waals surface area contributed by atoms with Crippen molar-refractivity contribution in [3.8, 4) is 0 Å². The van der Waals surface area contributed by atoms with Crippen molar-refractivity contribution in [1.29, 1.82) is 0 Å². The molecule has 0 radical (unpaired) electrons. The fourth-order valence-electron chi connectivity index (χ4n) is 2.95. The summed E-state index contributed by atoms with van der Waals surface area (Å²) in [5.74, 6) is -0.453. The summed E-state index contributed by atoms with van der Waals surface area (Å²) >= 11 is 0. The first-order valence-electron chi connectivity index (χ1n) is 10.4. The zero-order valence-electron chi connectivity index (χ0n) is 19.6. The van der Waals surface area contributed by atoms with E-state index in [0.717, 1.165) is 29.4 Å². The first-order chi connectivity index (χ1) is 13.4. The van der Waals surface area contributed by atoms with E-state index >= 15 is 0 Å². The van der Waals surface area contributed by atoms with Crippen molar-refractivity contribution in [2.45, 2.75) is 66.9 Å². The van der Waals surface area contributed by atoms with Gasteiger partial charge in [0.25, 0.3) is 0 Å². The van der Waals surface area contributed by atoms with Gasteiger partial charge in [-0.05, 0) is 66.8 Å². The Bertz CT molecular complexity index is 826. The van der Waals surface area contributed by atoms with Crippen LogP contribution in [0.1, 0.15) is 65.2 Å². The topological polar surface area (TPSA) is 51.5 Å². The average Bonchev–Trinajstić information content (AvgIpc) is 2.99. The zero-order chi connectivity index (χ0) is 22.4. The molecule has 0 N–H and O–H groups in total. The number of carbonyl (C=O) groups excluding carboxylic acids is 2. The molecule has 0 amide bonds. The summed E-state index contributed by atoms with van der Waals surface area (Å²) in [5.41, 5.74) is 0.565. The predicted molar refractivity (Wildman–Crippen MR) is 120 cm³/mol. The number of hydrogen-bond donors (Lipinski definition) is 0. The minimum atomic E-state index is -0.889. The fourth-order valence-corrected chi connectivity index (χ4v) is 2.95. The molecule has 0 saturated heterocycles. The van der Waals surface area contributed by atoms with Crippen molar-refractivity contribution >= 4 is 22.8 Å². The van der Waals surface area contributed by atoms with Gasteiger partial charge in [-0.2, -0.15) is 0 Å². The highest BCUT2D eigenvalue weighted by molar-refractivity contribution is 5.96. The highest BCUT2D eigenvalue weighted by atomic mass is 16.6. The van der Waals surface area contributed by atoms with Crippen LogP contribution in [-0.4, -0.2) is 47.6 Å². The minimum absolute atomic E-state index is 0.0910. The van der Waals surface area contributed by atoms with Crippen LogP contribution in [0.4, 0.5) is 0 Å². The Morgan fingerprint density at radius 1 is 1.03 bits per heavy atom. The molecule has 1 heterocycles. The maximum Gasteiger partial charge on any atom is 0.312 e. The Morgan fingerprint density at radius 3 is 2.17 bits per heavy atom. The van der Waals surface area contributed by atoms with Crippen LogP contribution >= 0.6 is 0 Å². The van der Waals surface area contributed by atoms with Crippen molar-refractivity contribution in [3.05, 3.63) is 36.0 Å². The molecule has 162 valence electrons. The van der Waals surface area contributed by atoms with Gasteiger partial charge in [0.1, 0.15) is 5.60 Å². The number of fused-ring (bicyclic) bond motifs is 1. The number of benzene rings is 1. The van der Waals surface area contributed by atoms with Gasteiger partial charge in [0.2, 0.25) is 5.91 Å². The summed E-state index contributed by atoms with van der Waals surface area (Å²) in [7, 11) is 4.07. The molecular formula is C24H38N2O3. The van der Waals surface area contributed by atoms with Crippen molar-refractivity contribution in [1.82, 2.24) is 9.47 Å². The number of hydrogen-bond acceptors (Lipinski definition) is 4. The molecule has 0 fully saturated rings. The Kier molecular flexibility index (Phi) is 8.64. The van der Waals surface area contributed by atoms with E-state index in [1.165, 1.54) is 0 Å². The Labute approximate surface area is 176 Å². The lowest BCUT2D eigenvalue weighted by atomic mass is 9.88. The second kappa shape index (κ2) is 10.1. The van der Waals surface area contributed by atoms with E-state index in [2.05, 4.69) is 4.90 Å². The summed E-state index contributed by atoms with van der Waals surface area (Å²) in [6.45, 7) is 13.9. The number of rotatable bonds is 6. The standard InChI is InChI=1S/C22H32N2O3.C2H6/c1-21(2,3)27-20(26)22(4,5)14-19(25)24-15-16(12-13-23(6)7)17-10-8-9-11-18(17)24;1-2/h8-11,15H,12-14H2,1-7H3;1-2H3. The molecule has 2 aromatic rings. The second-order valence-electron chi connectivity index (χ2n) is 9.05. The molecule has 0 aliphatic rings. The molecule has 0 aliphatic heterocycles. The first kappa shape index (κ1) is 24.9. The van der Waals surface area contributed by atoms with E-state index in [4.69, 9.17) is 4.74 Å². The normalized spacial score (nSPS) is 11.9. The van der Waals surface area contributed by atoms with Gasteiger partial charge in [0.05, 0.1) is 10.9 Å². The predicted octanol–water partition coefficient (Wildman–Crippen LogP) is 5.17. The van der Waals surface area contributed by atoms with Crippen molar-refractivity contribution in [2.75, 3.05) is 20.6 Å². The van der Waals surface area contributed by atoms with Gasteiger partial charge in [0, 0.05) is 24.5 Å². The maximum absolute atomic E-state index is 13.0. The molecule has 5 heteroatoms. The smallest absolute Gasteiger partial charge is 0.312 e. The highest BCUT2D eigenvalue weighted by Crippen LogP contribution is 2.28. The van der Waals surface area contributed by atoms with Crippen LogP contribution < -0.4 is 0 Å². The maximum atomic E-state index is 13.0. The molecule has 5 nitrogen and oxygen atoms in total. The third kappa shape index (κ3) is 7.00. The van der Waals surface area contributed by atoms with Crippen LogP contribution in [0.15, 0.2) is 30.5 Å². The Balaban J connectivity index is 0.00000204. The molecule has 1 aromatic carbocycles. The van der Waals surface area contributed by atoms with Crippen molar-refractivity contribution in [2.24, 2.45) is 5.41 Å². The summed E-state index contributed by atoms with van der Waals surface area (Å²) < 4.78 is 7.18. The third-order valence-electron chi connectivity index (χ3n) is 4.44. The zero-order valence-corrected chi connectivity index (χ0v) is 19.6. The van der Waals surface area contributed by atoms with E-state index in [9.17, 15) is 9.59 Å². The number of nitrogens with zero attached hydrogens (tertiary/aromatic N) is 2. The van der Waals surface area contributed by atoms with Gasteiger partial charge in [-0.15, -0.1) is 0 Å². The summed E-state index contributed by atoms with van der Waals surface area (Å²) in [5, 5.41) is 1.09. The van der Waals surface area contributed by atoms with Gasteiger partial charge in [-0.25, -0.2) is 0 Å². The lowest BCUT2D eigenvalue weighted by Crippen LogP contribution is -2.36. The summed E-state index contributed by atoms with van der Waals surface area (Å²) in [4.78, 5) is 27.7. The average molecular weight is 403 g/mol. The second-order valence-corrected chi connectivity index (χ2v) is 9.05. The third-order valence-corrected chi connectivity index (χ3v) is 4.44. The van der Waals surface area contributed by atoms with Crippen LogP contribution in [0.2, 0.25) is 0 Å². The number of carbonyl (C=O) groups is 2. The van der Waals surface area contributed by atoms with Gasteiger partial charge in [0.15, 0.2) is 0 Å². The van der Waals surface area contributed by atoms with E-state index in [0.29, 0.717) is 0 Å². The monoisotopic (exact) mass is 402 g/mol. The number of aromatic nitrogens is 1. The fraction of sp³-hybridized carbons (Fsp3) is 0.583. The number of likely N-dealkylation sites (N-methyl/N-ethyl adjacent to an activating group) is 1. The molecule has 0 bridgehead atoms. The summed E-state index contributed by atoms with van der Waals surface area (Å²) in [6, 6.07) is 7.91. The molecule has 0 spiro atoms. The van der Waals surface area contributed by atoms with Crippen LogP contribution in [0.5, 0.6) is 0 Å². The number of para-hydroxylation sites is 1. The van der Waals surface area contributed by atoms with Crippen molar-refractivity contribution in [3.63, 3.8) is 0 Å².